The predicted molar refractivity (Wildman–Crippen MR) is 72.5 cm³/mol. The topological polar surface area (TPSA) is 62.7 Å². The van der Waals surface area contributed by atoms with Crippen LogP contribution in [0.3, 0.4) is 0 Å². The first-order chi connectivity index (χ1) is 8.49. The second kappa shape index (κ2) is 6.70. The van der Waals surface area contributed by atoms with Crippen molar-refractivity contribution in [3.63, 3.8) is 0 Å². The minimum atomic E-state index is -0.939. The molecular formula is C12H20N2O3S. The fourth-order valence-electron chi connectivity index (χ4n) is 1.66. The van der Waals surface area contributed by atoms with E-state index in [1.807, 2.05) is 6.92 Å². The van der Waals surface area contributed by atoms with Gasteiger partial charge in [0.1, 0.15) is 4.88 Å². The second-order valence-electron chi connectivity index (χ2n) is 4.44. The minimum Gasteiger partial charge on any atom is -0.477 e. The van der Waals surface area contributed by atoms with Crippen LogP contribution in [-0.2, 0) is 11.3 Å². The monoisotopic (exact) mass is 272 g/mol. The molecule has 0 aliphatic rings. The van der Waals surface area contributed by atoms with E-state index in [2.05, 4.69) is 23.7 Å². The lowest BCUT2D eigenvalue weighted by Gasteiger charge is -2.21. The Balaban J connectivity index is 3.01. The number of thiazole rings is 1. The number of hydrogen-bond donors (Lipinski definition) is 1. The van der Waals surface area contributed by atoms with Crippen LogP contribution in [0.4, 0.5) is 5.13 Å². The van der Waals surface area contributed by atoms with Gasteiger partial charge in [-0.2, -0.15) is 0 Å². The van der Waals surface area contributed by atoms with Gasteiger partial charge in [-0.25, -0.2) is 9.78 Å². The van der Waals surface area contributed by atoms with Gasteiger partial charge in [0, 0.05) is 20.2 Å². The number of nitrogens with zero attached hydrogens (tertiary/aromatic N) is 2. The molecule has 1 aromatic heterocycles. The van der Waals surface area contributed by atoms with Gasteiger partial charge in [-0.15, -0.1) is 0 Å². The molecule has 102 valence electrons. The number of anilines is 1. The Morgan fingerprint density at radius 2 is 2.22 bits per heavy atom. The Bertz CT molecular complexity index is 404. The second-order valence-corrected chi connectivity index (χ2v) is 5.42. The first-order valence-electron chi connectivity index (χ1n) is 5.96. The standard InChI is InChI=1S/C12H20N2O3S/c1-5-14(6-8(2)3)12-13-9(7-17-4)10(18-12)11(15)16/h8H,5-7H2,1-4H3,(H,15,16). The third kappa shape index (κ3) is 3.68. The number of aromatic carboxylic acids is 1. The Morgan fingerprint density at radius 3 is 2.67 bits per heavy atom. The van der Waals surface area contributed by atoms with Gasteiger partial charge in [0.15, 0.2) is 5.13 Å². The van der Waals surface area contributed by atoms with E-state index in [0.717, 1.165) is 18.2 Å². The summed E-state index contributed by atoms with van der Waals surface area (Å²) in [5.41, 5.74) is 0.507. The van der Waals surface area contributed by atoms with Crippen LogP contribution < -0.4 is 4.90 Å². The van der Waals surface area contributed by atoms with Crippen LogP contribution in [0.2, 0.25) is 0 Å². The molecule has 6 heteroatoms. The molecule has 0 unspecified atom stereocenters. The first kappa shape index (κ1) is 14.9. The maximum absolute atomic E-state index is 11.1. The summed E-state index contributed by atoms with van der Waals surface area (Å²) in [4.78, 5) is 17.9. The smallest absolute Gasteiger partial charge is 0.347 e. The molecule has 0 aromatic carbocycles. The van der Waals surface area contributed by atoms with Crippen molar-refractivity contribution in [2.45, 2.75) is 27.4 Å². The summed E-state index contributed by atoms with van der Waals surface area (Å²) in [6.45, 7) is 8.22. The van der Waals surface area contributed by atoms with Gasteiger partial charge in [-0.3, -0.25) is 0 Å². The average Bonchev–Trinajstić information content (AvgIpc) is 2.70. The summed E-state index contributed by atoms with van der Waals surface area (Å²) >= 11 is 1.22. The van der Waals surface area contributed by atoms with Gasteiger partial charge in [0.25, 0.3) is 0 Å². The molecule has 0 amide bonds. The number of methoxy groups -OCH3 is 1. The molecule has 0 saturated heterocycles. The average molecular weight is 272 g/mol. The number of carbonyl (C=O) groups is 1. The highest BCUT2D eigenvalue weighted by Crippen LogP contribution is 2.27. The molecule has 0 bridgehead atoms. The van der Waals surface area contributed by atoms with E-state index in [1.54, 1.807) is 0 Å². The zero-order valence-electron chi connectivity index (χ0n) is 11.3. The summed E-state index contributed by atoms with van der Waals surface area (Å²) in [6, 6.07) is 0. The van der Waals surface area contributed by atoms with Crippen LogP contribution >= 0.6 is 11.3 Å². The predicted octanol–water partition coefficient (Wildman–Crippen LogP) is 2.47. The number of hydrogen-bond acceptors (Lipinski definition) is 5. The summed E-state index contributed by atoms with van der Waals surface area (Å²) in [5, 5.41) is 9.90. The zero-order valence-corrected chi connectivity index (χ0v) is 12.1. The number of aromatic nitrogens is 1. The van der Waals surface area contributed by atoms with Gasteiger partial charge >= 0.3 is 5.97 Å². The zero-order chi connectivity index (χ0) is 13.7. The van der Waals surface area contributed by atoms with Crippen molar-refractivity contribution < 1.29 is 14.6 Å². The highest BCUT2D eigenvalue weighted by atomic mass is 32.1. The van der Waals surface area contributed by atoms with Crippen LogP contribution in [0.15, 0.2) is 0 Å². The third-order valence-electron chi connectivity index (χ3n) is 2.40. The highest BCUT2D eigenvalue weighted by molar-refractivity contribution is 7.17. The van der Waals surface area contributed by atoms with Crippen molar-refractivity contribution in [2.24, 2.45) is 5.92 Å². The highest BCUT2D eigenvalue weighted by Gasteiger charge is 2.20. The van der Waals surface area contributed by atoms with Gasteiger partial charge in [-0.05, 0) is 12.8 Å². The summed E-state index contributed by atoms with van der Waals surface area (Å²) in [5.74, 6) is -0.431. The van der Waals surface area contributed by atoms with Crippen molar-refractivity contribution in [3.05, 3.63) is 10.6 Å². The minimum absolute atomic E-state index is 0.233. The van der Waals surface area contributed by atoms with E-state index >= 15 is 0 Å². The maximum atomic E-state index is 11.1. The molecule has 5 nitrogen and oxygen atoms in total. The quantitative estimate of drug-likeness (QED) is 0.826. The van der Waals surface area contributed by atoms with E-state index < -0.39 is 5.97 Å². The first-order valence-corrected chi connectivity index (χ1v) is 6.78. The van der Waals surface area contributed by atoms with Crippen molar-refractivity contribution in [2.75, 3.05) is 25.1 Å². The normalized spacial score (nSPS) is 10.9. The maximum Gasteiger partial charge on any atom is 0.347 e. The van der Waals surface area contributed by atoms with Crippen molar-refractivity contribution >= 4 is 22.4 Å². The van der Waals surface area contributed by atoms with Gasteiger partial charge < -0.3 is 14.7 Å². The Kier molecular flexibility index (Phi) is 5.55. The molecule has 18 heavy (non-hydrogen) atoms. The number of rotatable bonds is 7. The molecule has 0 spiro atoms. The summed E-state index contributed by atoms with van der Waals surface area (Å²) in [6.07, 6.45) is 0. The summed E-state index contributed by atoms with van der Waals surface area (Å²) in [7, 11) is 1.54. The molecule has 0 fully saturated rings. The molecule has 1 heterocycles. The Labute approximate surface area is 111 Å². The van der Waals surface area contributed by atoms with E-state index in [1.165, 1.54) is 18.4 Å². The number of carboxylic acids is 1. The SMILES string of the molecule is CCN(CC(C)C)c1nc(COC)c(C(=O)O)s1. The lowest BCUT2D eigenvalue weighted by molar-refractivity contribution is 0.0697. The number of ether oxygens (including phenoxy) is 1. The largest absolute Gasteiger partial charge is 0.477 e. The fourth-order valence-corrected chi connectivity index (χ4v) is 2.64. The lowest BCUT2D eigenvalue weighted by Crippen LogP contribution is -2.27. The molecular weight excluding hydrogens is 252 g/mol. The summed E-state index contributed by atoms with van der Waals surface area (Å²) < 4.78 is 4.99. The number of carboxylic acid groups (broad SMARTS) is 1. The van der Waals surface area contributed by atoms with E-state index in [4.69, 9.17) is 9.84 Å². The Hall–Kier alpha value is -1.14. The van der Waals surface area contributed by atoms with Crippen molar-refractivity contribution in [3.8, 4) is 0 Å². The fraction of sp³-hybridized carbons (Fsp3) is 0.667. The van der Waals surface area contributed by atoms with Gasteiger partial charge in [-0.1, -0.05) is 25.2 Å². The lowest BCUT2D eigenvalue weighted by atomic mass is 10.2. The van der Waals surface area contributed by atoms with Crippen LogP contribution in [0.25, 0.3) is 0 Å². The molecule has 1 aromatic rings. The van der Waals surface area contributed by atoms with E-state index in [9.17, 15) is 4.79 Å². The van der Waals surface area contributed by atoms with Crippen LogP contribution in [-0.4, -0.2) is 36.3 Å². The molecule has 0 radical (unpaired) electrons. The van der Waals surface area contributed by atoms with Crippen LogP contribution in [0.5, 0.6) is 0 Å². The van der Waals surface area contributed by atoms with Gasteiger partial charge in [0.2, 0.25) is 0 Å². The Morgan fingerprint density at radius 1 is 1.56 bits per heavy atom. The van der Waals surface area contributed by atoms with E-state index in [0.29, 0.717) is 11.6 Å². The molecule has 0 saturated carbocycles. The molecule has 0 aliphatic heterocycles. The van der Waals surface area contributed by atoms with Gasteiger partial charge in [0.05, 0.1) is 12.3 Å². The molecule has 1 rings (SSSR count). The third-order valence-corrected chi connectivity index (χ3v) is 3.55. The molecule has 1 N–H and O–H groups in total. The van der Waals surface area contributed by atoms with Crippen LogP contribution in [0, 0.1) is 5.92 Å². The molecule has 0 aliphatic carbocycles. The molecule has 0 atom stereocenters. The van der Waals surface area contributed by atoms with Crippen molar-refractivity contribution in [1.29, 1.82) is 0 Å². The van der Waals surface area contributed by atoms with E-state index in [-0.39, 0.29) is 11.5 Å². The van der Waals surface area contributed by atoms with Crippen molar-refractivity contribution in [1.82, 2.24) is 4.98 Å². The van der Waals surface area contributed by atoms with Crippen LogP contribution in [0.1, 0.15) is 36.1 Å².